The molecule has 0 radical (unpaired) electrons. The molecular weight excluding hydrogens is 242 g/mol. The summed E-state index contributed by atoms with van der Waals surface area (Å²) in [6.07, 6.45) is 8.73. The maximum Gasteiger partial charge on any atom is 0.144 e. The third-order valence-electron chi connectivity index (χ3n) is 3.31. The average Bonchev–Trinajstić information content (AvgIpc) is 2.89. The zero-order chi connectivity index (χ0) is 14.1. The molecule has 0 saturated carbocycles. The maximum absolute atomic E-state index is 8.67. The van der Waals surface area contributed by atoms with Gasteiger partial charge in [0, 0.05) is 24.4 Å². The van der Waals surface area contributed by atoms with E-state index in [1.54, 1.807) is 6.20 Å². The van der Waals surface area contributed by atoms with Crippen LogP contribution in [0.25, 0.3) is 0 Å². The monoisotopic (exact) mass is 267 g/mol. The van der Waals surface area contributed by atoms with Crippen molar-refractivity contribution in [3.8, 4) is 0 Å². The minimum Gasteiger partial charge on any atom is -0.409 e. The van der Waals surface area contributed by atoms with E-state index in [0.29, 0.717) is 0 Å². The van der Waals surface area contributed by atoms with E-state index in [4.69, 9.17) is 10.9 Å². The molecule has 0 aliphatic rings. The topological polar surface area (TPSA) is 88.5 Å². The molecule has 0 unspecified atom stereocenters. The number of aromatic nitrogens is 2. The summed E-state index contributed by atoms with van der Waals surface area (Å²) in [4.78, 5) is 4.01. The smallest absolute Gasteiger partial charge is 0.144 e. The summed E-state index contributed by atoms with van der Waals surface area (Å²) in [6, 6.07) is 0. The molecule has 1 rings (SSSR count). The van der Waals surface area contributed by atoms with Crippen molar-refractivity contribution < 1.29 is 5.21 Å². The quantitative estimate of drug-likeness (QED) is 0.207. The molecular formula is C13H25N5O. The molecule has 6 nitrogen and oxygen atoms in total. The highest BCUT2D eigenvalue weighted by atomic mass is 16.4. The molecule has 0 aliphatic heterocycles. The molecule has 4 N–H and O–H groups in total. The first-order chi connectivity index (χ1) is 9.06. The van der Waals surface area contributed by atoms with Crippen LogP contribution in [0.2, 0.25) is 0 Å². The van der Waals surface area contributed by atoms with Crippen LogP contribution in [-0.2, 0) is 6.54 Å². The third-order valence-corrected chi connectivity index (χ3v) is 3.31. The fourth-order valence-corrected chi connectivity index (χ4v) is 1.75. The normalized spacial score (nSPS) is 12.8. The molecule has 19 heavy (non-hydrogen) atoms. The van der Waals surface area contributed by atoms with Crippen molar-refractivity contribution in [3.63, 3.8) is 0 Å². The van der Waals surface area contributed by atoms with Crippen molar-refractivity contribution in [1.29, 1.82) is 0 Å². The predicted molar refractivity (Wildman–Crippen MR) is 76.1 cm³/mol. The molecule has 0 aliphatic carbocycles. The van der Waals surface area contributed by atoms with Gasteiger partial charge < -0.3 is 20.8 Å². The Morgan fingerprint density at radius 2 is 2.21 bits per heavy atom. The van der Waals surface area contributed by atoms with E-state index in [1.165, 1.54) is 0 Å². The molecule has 6 heteroatoms. The van der Waals surface area contributed by atoms with Gasteiger partial charge in [0.05, 0.1) is 6.33 Å². The Morgan fingerprint density at radius 3 is 2.84 bits per heavy atom. The van der Waals surface area contributed by atoms with Crippen LogP contribution in [0.5, 0.6) is 0 Å². The Kier molecular flexibility index (Phi) is 6.35. The van der Waals surface area contributed by atoms with Gasteiger partial charge in [-0.15, -0.1) is 0 Å². The fourth-order valence-electron chi connectivity index (χ4n) is 1.75. The van der Waals surface area contributed by atoms with Crippen molar-refractivity contribution >= 4 is 5.84 Å². The Balaban J connectivity index is 2.02. The molecule has 1 heterocycles. The Hall–Kier alpha value is -1.56. The van der Waals surface area contributed by atoms with E-state index in [2.05, 4.69) is 20.0 Å². The molecule has 0 atom stereocenters. The van der Waals surface area contributed by atoms with Gasteiger partial charge in [-0.2, -0.15) is 0 Å². The van der Waals surface area contributed by atoms with Crippen LogP contribution in [0.15, 0.2) is 23.9 Å². The van der Waals surface area contributed by atoms with Crippen LogP contribution in [0, 0.1) is 5.41 Å². The molecule has 0 fully saturated rings. The number of nitrogens with two attached hydrogens (primary N) is 1. The zero-order valence-electron chi connectivity index (χ0n) is 11.8. The molecule has 108 valence electrons. The molecule has 1 aromatic rings. The largest absolute Gasteiger partial charge is 0.409 e. The van der Waals surface area contributed by atoms with Crippen LogP contribution < -0.4 is 11.1 Å². The SMILES string of the molecule is CC(C)(CCNCCCCn1ccnc1)C(N)=NO. The highest BCUT2D eigenvalue weighted by molar-refractivity contribution is 5.85. The van der Waals surface area contributed by atoms with Crippen LogP contribution in [0.3, 0.4) is 0 Å². The second-order valence-corrected chi connectivity index (χ2v) is 5.38. The first kappa shape index (κ1) is 15.5. The Morgan fingerprint density at radius 1 is 1.42 bits per heavy atom. The lowest BCUT2D eigenvalue weighted by atomic mass is 9.88. The lowest BCUT2D eigenvalue weighted by Gasteiger charge is -2.22. The average molecular weight is 267 g/mol. The van der Waals surface area contributed by atoms with Gasteiger partial charge in [-0.05, 0) is 32.4 Å². The zero-order valence-corrected chi connectivity index (χ0v) is 11.8. The van der Waals surface area contributed by atoms with Crippen LogP contribution in [-0.4, -0.2) is 33.7 Å². The maximum atomic E-state index is 8.67. The molecule has 0 aromatic carbocycles. The highest BCUT2D eigenvalue weighted by Gasteiger charge is 2.22. The lowest BCUT2D eigenvalue weighted by Crippen LogP contribution is -2.35. The summed E-state index contributed by atoms with van der Waals surface area (Å²) < 4.78 is 2.08. The predicted octanol–water partition coefficient (Wildman–Crippen LogP) is 1.42. The van der Waals surface area contributed by atoms with Crippen molar-refractivity contribution in [2.75, 3.05) is 13.1 Å². The number of hydrogen-bond donors (Lipinski definition) is 3. The molecule has 1 aromatic heterocycles. The highest BCUT2D eigenvalue weighted by Crippen LogP contribution is 2.19. The van der Waals surface area contributed by atoms with Crippen molar-refractivity contribution in [3.05, 3.63) is 18.7 Å². The van der Waals surface area contributed by atoms with Gasteiger partial charge in [-0.25, -0.2) is 4.98 Å². The number of amidine groups is 1. The van der Waals surface area contributed by atoms with E-state index in [0.717, 1.165) is 38.9 Å². The van der Waals surface area contributed by atoms with E-state index >= 15 is 0 Å². The number of hydrogen-bond acceptors (Lipinski definition) is 4. The van der Waals surface area contributed by atoms with E-state index in [9.17, 15) is 0 Å². The van der Waals surface area contributed by atoms with Gasteiger partial charge >= 0.3 is 0 Å². The fraction of sp³-hybridized carbons (Fsp3) is 0.692. The van der Waals surface area contributed by atoms with Gasteiger partial charge in [0.1, 0.15) is 5.84 Å². The molecule has 0 amide bonds. The summed E-state index contributed by atoms with van der Waals surface area (Å²) in [6.45, 7) is 6.82. The number of nitrogens with zero attached hydrogens (tertiary/aromatic N) is 3. The van der Waals surface area contributed by atoms with Crippen molar-refractivity contribution in [2.45, 2.75) is 39.7 Å². The summed E-state index contributed by atoms with van der Waals surface area (Å²) >= 11 is 0. The van der Waals surface area contributed by atoms with E-state index in [1.807, 2.05) is 26.4 Å². The minimum absolute atomic E-state index is 0.265. The first-order valence-corrected chi connectivity index (χ1v) is 6.71. The van der Waals surface area contributed by atoms with E-state index < -0.39 is 0 Å². The van der Waals surface area contributed by atoms with Gasteiger partial charge in [0.15, 0.2) is 0 Å². The standard InChI is InChI=1S/C13H25N5O/c1-13(2,12(14)17-19)5-7-15-6-3-4-9-18-10-8-16-11-18/h8,10-11,15,19H,3-7,9H2,1-2H3,(H2,14,17). The number of oxime groups is 1. The van der Waals surface area contributed by atoms with Crippen LogP contribution in [0.1, 0.15) is 33.1 Å². The van der Waals surface area contributed by atoms with Crippen LogP contribution in [0.4, 0.5) is 0 Å². The second-order valence-electron chi connectivity index (χ2n) is 5.38. The number of unbranched alkanes of at least 4 members (excludes halogenated alkanes) is 1. The Bertz CT molecular complexity index is 372. The summed E-state index contributed by atoms with van der Waals surface area (Å²) in [5, 5.41) is 15.1. The van der Waals surface area contributed by atoms with E-state index in [-0.39, 0.29) is 11.3 Å². The van der Waals surface area contributed by atoms with Gasteiger partial charge in [0.25, 0.3) is 0 Å². The van der Waals surface area contributed by atoms with Crippen molar-refractivity contribution in [2.24, 2.45) is 16.3 Å². The van der Waals surface area contributed by atoms with Gasteiger partial charge in [-0.1, -0.05) is 19.0 Å². The summed E-state index contributed by atoms with van der Waals surface area (Å²) in [5.41, 5.74) is 5.37. The molecule has 0 bridgehead atoms. The first-order valence-electron chi connectivity index (χ1n) is 6.71. The molecule has 0 saturated heterocycles. The Labute approximate surface area is 114 Å². The molecule has 0 spiro atoms. The van der Waals surface area contributed by atoms with Gasteiger partial charge in [0.2, 0.25) is 0 Å². The number of nitrogens with one attached hydrogen (secondary N) is 1. The summed E-state index contributed by atoms with van der Waals surface area (Å²) in [7, 11) is 0. The number of imidazole rings is 1. The van der Waals surface area contributed by atoms with Gasteiger partial charge in [-0.3, -0.25) is 0 Å². The lowest BCUT2D eigenvalue weighted by molar-refractivity contribution is 0.305. The minimum atomic E-state index is -0.265. The number of rotatable bonds is 9. The third kappa shape index (κ3) is 5.74. The summed E-state index contributed by atoms with van der Waals surface area (Å²) in [5.74, 6) is 0.286. The van der Waals surface area contributed by atoms with Crippen molar-refractivity contribution in [1.82, 2.24) is 14.9 Å². The van der Waals surface area contributed by atoms with Crippen LogP contribution >= 0.6 is 0 Å². The number of aryl methyl sites for hydroxylation is 1. The second kappa shape index (κ2) is 7.78.